The Morgan fingerprint density at radius 1 is 1.08 bits per heavy atom. The number of rotatable bonds is 10. The number of fused-ring (bicyclic) bond motifs is 2. The number of nitrogens with zero attached hydrogens (tertiary/aromatic N) is 6. The number of halogens is 3. The molecule has 270 valence electrons. The van der Waals surface area contributed by atoms with Crippen LogP contribution in [0.3, 0.4) is 0 Å². The highest BCUT2D eigenvalue weighted by molar-refractivity contribution is 7.22. The number of carbonyl (C=O) groups is 1. The smallest absolute Gasteiger partial charge is 0.357 e. The summed E-state index contributed by atoms with van der Waals surface area (Å²) in [5.41, 5.74) is 3.68. The number of ether oxygens (including phenoxy) is 2. The van der Waals surface area contributed by atoms with Gasteiger partial charge in [-0.2, -0.15) is 0 Å². The number of thiazole rings is 2. The van der Waals surface area contributed by atoms with Gasteiger partial charge in [0.05, 0.1) is 30.5 Å². The Balaban J connectivity index is 0.985. The highest BCUT2D eigenvalue weighted by Crippen LogP contribution is 2.39. The Morgan fingerprint density at radius 3 is 2.69 bits per heavy atom. The van der Waals surface area contributed by atoms with Gasteiger partial charge in [-0.25, -0.2) is 27.9 Å². The number of hydrogen-bond donors (Lipinski definition) is 1. The van der Waals surface area contributed by atoms with Crippen LogP contribution in [0.1, 0.15) is 57.7 Å². The zero-order valence-electron chi connectivity index (χ0n) is 28.7. The fourth-order valence-corrected chi connectivity index (χ4v) is 8.18. The molecule has 5 aromatic rings. The molecule has 52 heavy (non-hydrogen) atoms. The van der Waals surface area contributed by atoms with Gasteiger partial charge < -0.3 is 19.7 Å². The van der Waals surface area contributed by atoms with Crippen molar-refractivity contribution in [2.24, 2.45) is 0 Å². The molecule has 0 saturated carbocycles. The van der Waals surface area contributed by atoms with Gasteiger partial charge in [-0.3, -0.25) is 4.90 Å². The van der Waals surface area contributed by atoms with E-state index in [0.717, 1.165) is 44.2 Å². The lowest BCUT2D eigenvalue weighted by atomic mass is 10.0. The molecule has 7 rings (SSSR count). The number of nitrogens with one attached hydrogen (secondary N) is 1. The fourth-order valence-electron chi connectivity index (χ4n) is 6.19. The maximum absolute atomic E-state index is 14.8. The van der Waals surface area contributed by atoms with E-state index in [1.54, 1.807) is 17.4 Å². The van der Waals surface area contributed by atoms with Crippen LogP contribution in [0.5, 0.6) is 5.75 Å². The second-order valence-electron chi connectivity index (χ2n) is 12.6. The van der Waals surface area contributed by atoms with E-state index in [9.17, 15) is 18.0 Å². The average Bonchev–Trinajstić information content (AvgIpc) is 3.76. The van der Waals surface area contributed by atoms with E-state index in [0.29, 0.717) is 61.4 Å². The van der Waals surface area contributed by atoms with Crippen LogP contribution in [0, 0.1) is 24.6 Å². The SMILES string of the molecule is COC(=O)c1nc(N2CCCc3c2nnc(Nc2nc4ccccc4s2)c3C)sc1CCCOc1ccc(C#CCN2CCC(F)(F)CC2)cc1F. The minimum Gasteiger partial charge on any atom is -0.491 e. The van der Waals surface area contributed by atoms with Crippen molar-refractivity contribution in [3.8, 4) is 17.6 Å². The molecule has 15 heteroatoms. The number of aromatic nitrogens is 4. The molecule has 0 aliphatic carbocycles. The summed E-state index contributed by atoms with van der Waals surface area (Å²) in [6.07, 6.45) is 2.32. The number of para-hydroxylation sites is 1. The average molecular weight is 748 g/mol. The third kappa shape index (κ3) is 7.99. The van der Waals surface area contributed by atoms with Crippen molar-refractivity contribution in [1.82, 2.24) is 25.1 Å². The molecule has 1 fully saturated rings. The summed E-state index contributed by atoms with van der Waals surface area (Å²) in [5.74, 6) is 3.63. The van der Waals surface area contributed by atoms with E-state index in [-0.39, 0.29) is 30.9 Å². The molecule has 0 atom stereocenters. The molecule has 0 amide bonds. The van der Waals surface area contributed by atoms with Crippen molar-refractivity contribution < 1.29 is 27.4 Å². The maximum Gasteiger partial charge on any atom is 0.357 e. The Morgan fingerprint density at radius 2 is 1.90 bits per heavy atom. The van der Waals surface area contributed by atoms with Gasteiger partial charge in [0.25, 0.3) is 5.92 Å². The number of esters is 1. The number of carbonyl (C=O) groups excluding carboxylic acids is 1. The van der Waals surface area contributed by atoms with Crippen LogP contribution in [0.4, 0.5) is 35.1 Å². The number of benzene rings is 2. The van der Waals surface area contributed by atoms with Crippen LogP contribution >= 0.6 is 22.7 Å². The Bertz CT molecular complexity index is 2120. The quantitative estimate of drug-likeness (QED) is 0.0869. The van der Waals surface area contributed by atoms with Gasteiger partial charge in [0, 0.05) is 54.0 Å². The molecule has 0 bridgehead atoms. The summed E-state index contributed by atoms with van der Waals surface area (Å²) < 4.78 is 53.5. The van der Waals surface area contributed by atoms with E-state index < -0.39 is 17.7 Å². The van der Waals surface area contributed by atoms with Gasteiger partial charge in [-0.15, -0.1) is 21.5 Å². The highest BCUT2D eigenvalue weighted by Gasteiger charge is 2.33. The monoisotopic (exact) mass is 747 g/mol. The predicted molar refractivity (Wildman–Crippen MR) is 196 cm³/mol. The first-order chi connectivity index (χ1) is 25.2. The van der Waals surface area contributed by atoms with Crippen LogP contribution in [0.2, 0.25) is 0 Å². The van der Waals surface area contributed by atoms with Gasteiger partial charge in [-0.1, -0.05) is 35.3 Å². The van der Waals surface area contributed by atoms with Crippen molar-refractivity contribution in [2.45, 2.75) is 51.4 Å². The first kappa shape index (κ1) is 35.6. The minimum absolute atomic E-state index is 0.0952. The van der Waals surface area contributed by atoms with Crippen LogP contribution < -0.4 is 15.0 Å². The third-order valence-corrected chi connectivity index (χ3v) is 11.2. The lowest BCUT2D eigenvalue weighted by Crippen LogP contribution is -2.39. The molecular weight excluding hydrogens is 712 g/mol. The molecule has 0 unspecified atom stereocenters. The fraction of sp³-hybridized carbons (Fsp3) is 0.378. The van der Waals surface area contributed by atoms with Gasteiger partial charge >= 0.3 is 5.97 Å². The van der Waals surface area contributed by atoms with Crippen LogP contribution in [0.15, 0.2) is 42.5 Å². The number of likely N-dealkylation sites (tertiary alicyclic amines) is 1. The van der Waals surface area contributed by atoms with E-state index in [4.69, 9.17) is 14.5 Å². The van der Waals surface area contributed by atoms with Gasteiger partial charge in [0.1, 0.15) is 0 Å². The molecule has 0 radical (unpaired) electrons. The summed E-state index contributed by atoms with van der Waals surface area (Å²) in [4.78, 5) is 26.7. The normalized spacial score (nSPS) is 15.5. The zero-order valence-corrected chi connectivity index (χ0v) is 30.3. The van der Waals surface area contributed by atoms with Crippen LogP contribution in [-0.4, -0.2) is 76.9 Å². The summed E-state index contributed by atoms with van der Waals surface area (Å²) in [7, 11) is 1.32. The third-order valence-electron chi connectivity index (χ3n) is 9.06. The van der Waals surface area contributed by atoms with Crippen molar-refractivity contribution in [3.05, 3.63) is 75.5 Å². The molecule has 2 aromatic carbocycles. The molecular formula is C37H36F3N7O3S2. The van der Waals surface area contributed by atoms with Crippen molar-refractivity contribution in [3.63, 3.8) is 0 Å². The molecule has 10 nitrogen and oxygen atoms in total. The molecule has 1 saturated heterocycles. The summed E-state index contributed by atoms with van der Waals surface area (Å²) in [6.45, 7) is 3.83. The first-order valence-electron chi connectivity index (χ1n) is 17.0. The zero-order chi connectivity index (χ0) is 36.2. The second-order valence-corrected chi connectivity index (χ2v) is 14.7. The standard InChI is InChI=1S/C37H36F3N7O3S2/c1-23-25-9-6-18-47(33(25)45-44-32(23)43-35-41-27-10-3-4-11-29(27)51-35)36-42-31(34(48)49-2)30(52-36)12-7-21-50-28-14-13-24(22-26(28)38)8-5-17-46-19-15-37(39,40)16-20-46/h3-4,10-11,13-14,22H,6-7,9,12,15-21H2,1-2H3,(H,41,43,44). The van der Waals surface area contributed by atoms with E-state index >= 15 is 0 Å². The van der Waals surface area contributed by atoms with Gasteiger partial charge in [0.15, 0.2) is 39.2 Å². The number of methoxy groups -OCH3 is 1. The second kappa shape index (κ2) is 15.4. The van der Waals surface area contributed by atoms with E-state index in [1.165, 1.54) is 30.6 Å². The van der Waals surface area contributed by atoms with Crippen LogP contribution in [0.25, 0.3) is 10.2 Å². The molecule has 2 aliphatic heterocycles. The van der Waals surface area contributed by atoms with Gasteiger partial charge in [0.2, 0.25) is 0 Å². The number of hydrogen-bond acceptors (Lipinski definition) is 12. The lowest BCUT2D eigenvalue weighted by Gasteiger charge is -2.30. The summed E-state index contributed by atoms with van der Waals surface area (Å²) >= 11 is 2.95. The maximum atomic E-state index is 14.8. The minimum atomic E-state index is -2.60. The number of aryl methyl sites for hydroxylation is 1. The first-order valence-corrected chi connectivity index (χ1v) is 18.7. The van der Waals surface area contributed by atoms with E-state index in [2.05, 4.69) is 32.3 Å². The summed E-state index contributed by atoms with van der Waals surface area (Å²) in [6, 6.07) is 12.5. The molecule has 0 spiro atoms. The molecule has 2 aliphatic rings. The van der Waals surface area contributed by atoms with E-state index in [1.807, 2.05) is 41.0 Å². The Labute approximate surface area is 307 Å². The molecule has 1 N–H and O–H groups in total. The van der Waals surface area contributed by atoms with Gasteiger partial charge in [-0.05, 0) is 62.9 Å². The molecule has 3 aromatic heterocycles. The predicted octanol–water partition coefficient (Wildman–Crippen LogP) is 7.70. The van der Waals surface area contributed by atoms with Crippen molar-refractivity contribution in [1.29, 1.82) is 0 Å². The Kier molecular flexibility index (Phi) is 10.6. The van der Waals surface area contributed by atoms with Crippen molar-refractivity contribution in [2.75, 3.05) is 50.1 Å². The largest absolute Gasteiger partial charge is 0.491 e. The number of alkyl halides is 2. The lowest BCUT2D eigenvalue weighted by molar-refractivity contribution is -0.0527. The number of anilines is 4. The highest BCUT2D eigenvalue weighted by atomic mass is 32.1. The summed E-state index contributed by atoms with van der Waals surface area (Å²) in [5, 5.41) is 13.8. The van der Waals surface area contributed by atoms with Crippen molar-refractivity contribution >= 4 is 60.8 Å². The topological polar surface area (TPSA) is 106 Å². The number of piperidine rings is 1. The van der Waals surface area contributed by atoms with Crippen LogP contribution in [-0.2, 0) is 17.6 Å². The Hall–Kier alpha value is -4.78. The molecule has 5 heterocycles.